The van der Waals surface area contributed by atoms with Gasteiger partial charge in [-0.3, -0.25) is 9.59 Å². The number of ether oxygens (including phenoxy) is 2. The molecule has 15 heavy (non-hydrogen) atoms. The normalized spacial score (nSPS) is 12.2. The minimum atomic E-state index is -0.325. The Labute approximate surface area is 90.9 Å². The fourth-order valence-corrected chi connectivity index (χ4v) is 0.900. The Bertz CT molecular complexity index is 201. The van der Waals surface area contributed by atoms with Crippen LogP contribution < -0.4 is 0 Å². The van der Waals surface area contributed by atoms with Crippen LogP contribution in [-0.4, -0.2) is 31.1 Å². The van der Waals surface area contributed by atoms with Crippen molar-refractivity contribution in [2.75, 3.05) is 13.2 Å². The molecule has 1 atom stereocenters. The Kier molecular flexibility index (Phi) is 7.91. The quantitative estimate of drug-likeness (QED) is 0.580. The van der Waals surface area contributed by atoms with Gasteiger partial charge in [-0.05, 0) is 20.3 Å². The topological polar surface area (TPSA) is 52.6 Å². The van der Waals surface area contributed by atoms with E-state index in [4.69, 9.17) is 9.47 Å². The molecule has 0 N–H and O–H groups in total. The summed E-state index contributed by atoms with van der Waals surface area (Å²) < 4.78 is 9.95. The lowest BCUT2D eigenvalue weighted by atomic mass is 10.2. The number of carbonyl (C=O) groups is 2. The number of rotatable bonds is 8. The van der Waals surface area contributed by atoms with Crippen molar-refractivity contribution in [3.8, 4) is 0 Å². The van der Waals surface area contributed by atoms with Crippen LogP contribution in [0.5, 0.6) is 0 Å². The van der Waals surface area contributed by atoms with Gasteiger partial charge in [-0.1, -0.05) is 6.92 Å². The van der Waals surface area contributed by atoms with E-state index >= 15 is 0 Å². The average molecular weight is 216 g/mol. The van der Waals surface area contributed by atoms with Crippen LogP contribution >= 0.6 is 0 Å². The third-order valence-corrected chi connectivity index (χ3v) is 2.02. The van der Waals surface area contributed by atoms with Gasteiger partial charge >= 0.3 is 5.97 Å². The first-order valence-electron chi connectivity index (χ1n) is 5.39. The van der Waals surface area contributed by atoms with Gasteiger partial charge in [-0.15, -0.1) is 0 Å². The van der Waals surface area contributed by atoms with E-state index in [1.165, 1.54) is 0 Å². The fourth-order valence-electron chi connectivity index (χ4n) is 0.900. The second-order valence-electron chi connectivity index (χ2n) is 3.37. The van der Waals surface area contributed by atoms with Gasteiger partial charge in [-0.2, -0.15) is 0 Å². The van der Waals surface area contributed by atoms with Crippen LogP contribution in [0.3, 0.4) is 0 Å². The fraction of sp³-hybridized carbons (Fsp3) is 0.818. The molecule has 0 aliphatic carbocycles. The molecule has 0 heterocycles. The number of ketones is 1. The first kappa shape index (κ1) is 14.1. The van der Waals surface area contributed by atoms with E-state index in [1.807, 2.05) is 13.8 Å². The average Bonchev–Trinajstić information content (AvgIpc) is 2.23. The maximum atomic E-state index is 11.2. The maximum absolute atomic E-state index is 11.2. The summed E-state index contributed by atoms with van der Waals surface area (Å²) in [5.41, 5.74) is 0. The van der Waals surface area contributed by atoms with Crippen molar-refractivity contribution in [2.24, 2.45) is 0 Å². The van der Waals surface area contributed by atoms with Crippen LogP contribution in [0.2, 0.25) is 0 Å². The first-order valence-corrected chi connectivity index (χ1v) is 5.39. The second-order valence-corrected chi connectivity index (χ2v) is 3.37. The van der Waals surface area contributed by atoms with E-state index < -0.39 is 0 Å². The van der Waals surface area contributed by atoms with Crippen LogP contribution in [-0.2, 0) is 19.1 Å². The van der Waals surface area contributed by atoms with E-state index in [9.17, 15) is 9.59 Å². The van der Waals surface area contributed by atoms with Crippen LogP contribution in [0.25, 0.3) is 0 Å². The van der Waals surface area contributed by atoms with E-state index in [0.29, 0.717) is 6.61 Å². The SMILES string of the molecule is CCOC(=O)CCC(=O)COC(C)CC. The van der Waals surface area contributed by atoms with Gasteiger partial charge < -0.3 is 9.47 Å². The number of hydrogen-bond donors (Lipinski definition) is 0. The molecule has 0 rings (SSSR count). The number of Topliss-reactive ketones (excluding diaryl/α,β-unsaturated/α-hetero) is 1. The van der Waals surface area contributed by atoms with Crippen molar-refractivity contribution in [1.29, 1.82) is 0 Å². The molecule has 0 fully saturated rings. The molecule has 0 radical (unpaired) electrons. The molecular weight excluding hydrogens is 196 g/mol. The van der Waals surface area contributed by atoms with Crippen molar-refractivity contribution in [2.45, 2.75) is 46.1 Å². The molecule has 0 aliphatic rings. The first-order chi connectivity index (χ1) is 7.10. The molecule has 0 aromatic rings. The highest BCUT2D eigenvalue weighted by Crippen LogP contribution is 1.99. The summed E-state index contributed by atoms with van der Waals surface area (Å²) in [5, 5.41) is 0. The molecule has 1 unspecified atom stereocenters. The predicted octanol–water partition coefficient (Wildman–Crippen LogP) is 1.71. The molecule has 4 heteroatoms. The summed E-state index contributed by atoms with van der Waals surface area (Å²) in [4.78, 5) is 22.2. The lowest BCUT2D eigenvalue weighted by Gasteiger charge is -2.09. The van der Waals surface area contributed by atoms with Gasteiger partial charge in [0.2, 0.25) is 0 Å². The Balaban J connectivity index is 3.53. The zero-order valence-electron chi connectivity index (χ0n) is 9.75. The molecule has 0 saturated carbocycles. The number of esters is 1. The minimum absolute atomic E-state index is 0.0525. The molecule has 88 valence electrons. The van der Waals surface area contributed by atoms with E-state index in [1.54, 1.807) is 6.92 Å². The molecule has 0 saturated heterocycles. The van der Waals surface area contributed by atoms with Gasteiger partial charge in [0.25, 0.3) is 0 Å². The molecule has 0 aromatic heterocycles. The molecule has 0 aromatic carbocycles. The summed E-state index contributed by atoms with van der Waals surface area (Å²) in [5.74, 6) is -0.377. The van der Waals surface area contributed by atoms with E-state index in [-0.39, 0.29) is 37.3 Å². The summed E-state index contributed by atoms with van der Waals surface area (Å²) in [7, 11) is 0. The minimum Gasteiger partial charge on any atom is -0.466 e. The standard InChI is InChI=1S/C11H20O4/c1-4-9(3)15-8-10(12)6-7-11(13)14-5-2/h9H,4-8H2,1-3H3. The maximum Gasteiger partial charge on any atom is 0.306 e. The van der Waals surface area contributed by atoms with E-state index in [0.717, 1.165) is 6.42 Å². The molecule has 0 aliphatic heterocycles. The van der Waals surface area contributed by atoms with Crippen LogP contribution in [0, 0.1) is 0 Å². The Morgan fingerprint density at radius 3 is 2.40 bits per heavy atom. The Morgan fingerprint density at radius 2 is 1.87 bits per heavy atom. The summed E-state index contributed by atoms with van der Waals surface area (Å²) in [6, 6.07) is 0. The van der Waals surface area contributed by atoms with Crippen molar-refractivity contribution >= 4 is 11.8 Å². The van der Waals surface area contributed by atoms with Gasteiger partial charge in [-0.25, -0.2) is 0 Å². The van der Waals surface area contributed by atoms with Crippen LogP contribution in [0.15, 0.2) is 0 Å². The van der Waals surface area contributed by atoms with Crippen LogP contribution in [0.4, 0.5) is 0 Å². The molecule has 0 spiro atoms. The summed E-state index contributed by atoms with van der Waals surface area (Å²) >= 11 is 0. The Hall–Kier alpha value is -0.900. The van der Waals surface area contributed by atoms with Gasteiger partial charge in [0.1, 0.15) is 6.61 Å². The number of hydrogen-bond acceptors (Lipinski definition) is 4. The van der Waals surface area contributed by atoms with Crippen molar-refractivity contribution in [3.63, 3.8) is 0 Å². The smallest absolute Gasteiger partial charge is 0.306 e. The van der Waals surface area contributed by atoms with Crippen molar-refractivity contribution in [3.05, 3.63) is 0 Å². The van der Waals surface area contributed by atoms with Gasteiger partial charge in [0, 0.05) is 6.42 Å². The summed E-state index contributed by atoms with van der Waals surface area (Å²) in [6.45, 7) is 6.10. The van der Waals surface area contributed by atoms with Gasteiger partial charge in [0.15, 0.2) is 5.78 Å². The molecule has 4 nitrogen and oxygen atoms in total. The highest BCUT2D eigenvalue weighted by atomic mass is 16.5. The lowest BCUT2D eigenvalue weighted by Crippen LogP contribution is -2.16. The zero-order chi connectivity index (χ0) is 11.7. The lowest BCUT2D eigenvalue weighted by molar-refractivity contribution is -0.144. The molecule has 0 bridgehead atoms. The van der Waals surface area contributed by atoms with Gasteiger partial charge in [0.05, 0.1) is 19.1 Å². The summed E-state index contributed by atoms with van der Waals surface area (Å²) in [6.07, 6.45) is 1.33. The molecular formula is C11H20O4. The second kappa shape index (κ2) is 8.41. The predicted molar refractivity (Wildman–Crippen MR) is 56.6 cm³/mol. The highest BCUT2D eigenvalue weighted by molar-refractivity contribution is 5.83. The molecule has 0 amide bonds. The largest absolute Gasteiger partial charge is 0.466 e. The van der Waals surface area contributed by atoms with E-state index in [2.05, 4.69) is 0 Å². The third kappa shape index (κ3) is 8.12. The van der Waals surface area contributed by atoms with Crippen molar-refractivity contribution < 1.29 is 19.1 Å². The number of carbonyl (C=O) groups excluding carboxylic acids is 2. The monoisotopic (exact) mass is 216 g/mol. The Morgan fingerprint density at radius 1 is 1.20 bits per heavy atom. The highest BCUT2D eigenvalue weighted by Gasteiger charge is 2.09. The van der Waals surface area contributed by atoms with Crippen LogP contribution in [0.1, 0.15) is 40.0 Å². The van der Waals surface area contributed by atoms with Crippen molar-refractivity contribution in [1.82, 2.24) is 0 Å². The third-order valence-electron chi connectivity index (χ3n) is 2.02. The zero-order valence-corrected chi connectivity index (χ0v) is 9.75.